The highest BCUT2D eigenvalue weighted by molar-refractivity contribution is 7.94. The molecule has 0 unspecified atom stereocenters. The van der Waals surface area contributed by atoms with E-state index < -0.39 is 10.0 Å². The molecule has 4 rings (SSSR count). The summed E-state index contributed by atoms with van der Waals surface area (Å²) in [4.78, 5) is 12.4. The van der Waals surface area contributed by atoms with Gasteiger partial charge >= 0.3 is 0 Å². The van der Waals surface area contributed by atoms with Gasteiger partial charge in [0.05, 0.1) is 0 Å². The molecule has 1 amide bonds. The first-order chi connectivity index (χ1) is 13.5. The van der Waals surface area contributed by atoms with Crippen LogP contribution < -0.4 is 10.0 Å². The topological polar surface area (TPSA) is 101 Å². The lowest BCUT2D eigenvalue weighted by atomic mass is 10.2. The van der Waals surface area contributed by atoms with Gasteiger partial charge in [-0.25, -0.2) is 8.42 Å². The minimum absolute atomic E-state index is 0.229. The number of thiophene rings is 2. The van der Waals surface area contributed by atoms with Crippen molar-refractivity contribution in [2.45, 2.75) is 4.21 Å². The number of carbonyl (C=O) groups is 1. The Kier molecular flexibility index (Phi) is 5.22. The van der Waals surface area contributed by atoms with Crippen molar-refractivity contribution in [2.24, 2.45) is 0 Å². The van der Waals surface area contributed by atoms with E-state index in [0.717, 1.165) is 21.9 Å². The Balaban J connectivity index is 1.43. The van der Waals surface area contributed by atoms with E-state index >= 15 is 0 Å². The number of anilines is 2. The molecule has 142 valence electrons. The first kappa shape index (κ1) is 18.7. The van der Waals surface area contributed by atoms with Gasteiger partial charge < -0.3 is 0 Å². The Morgan fingerprint density at radius 3 is 2.50 bits per heavy atom. The first-order valence-electron chi connectivity index (χ1n) is 7.85. The maximum atomic E-state index is 12.4. The monoisotopic (exact) mass is 448 g/mol. The average Bonchev–Trinajstić information content (AvgIpc) is 3.43. The Bertz CT molecular complexity index is 1180. The zero-order valence-corrected chi connectivity index (χ0v) is 17.3. The summed E-state index contributed by atoms with van der Waals surface area (Å²) in [7, 11) is -3.62. The molecular weight excluding hydrogens is 436 g/mol. The van der Waals surface area contributed by atoms with Gasteiger partial charge in [0.15, 0.2) is 0 Å². The van der Waals surface area contributed by atoms with Crippen molar-refractivity contribution in [3.63, 3.8) is 0 Å². The van der Waals surface area contributed by atoms with E-state index in [4.69, 9.17) is 0 Å². The average molecular weight is 449 g/mol. The van der Waals surface area contributed by atoms with Gasteiger partial charge in [-0.1, -0.05) is 17.4 Å². The van der Waals surface area contributed by atoms with E-state index in [1.54, 1.807) is 34.9 Å². The molecule has 0 bridgehead atoms. The lowest BCUT2D eigenvalue weighted by Gasteiger charge is -2.07. The van der Waals surface area contributed by atoms with Gasteiger partial charge in [0, 0.05) is 22.2 Å². The van der Waals surface area contributed by atoms with E-state index in [0.29, 0.717) is 16.4 Å². The lowest BCUT2D eigenvalue weighted by Crippen LogP contribution is -2.13. The van der Waals surface area contributed by atoms with E-state index in [2.05, 4.69) is 20.2 Å². The largest absolute Gasteiger partial charge is 0.296 e. The van der Waals surface area contributed by atoms with E-state index in [-0.39, 0.29) is 10.1 Å². The fourth-order valence-electron chi connectivity index (χ4n) is 2.26. The standard InChI is InChI=1S/C17H12N4O3S4/c22-15(18-17-20-19-16(27-17)12-7-9-25-10-12)11-3-5-13(6-4-11)21-28(23,24)14-2-1-8-26-14/h1-10,21H,(H,18,20,22). The van der Waals surface area contributed by atoms with Crippen LogP contribution in [0, 0.1) is 0 Å². The van der Waals surface area contributed by atoms with E-state index in [9.17, 15) is 13.2 Å². The molecule has 0 saturated carbocycles. The quantitative estimate of drug-likeness (QED) is 0.456. The van der Waals surface area contributed by atoms with Gasteiger partial charge in [-0.2, -0.15) is 11.3 Å². The lowest BCUT2D eigenvalue weighted by molar-refractivity contribution is 0.102. The van der Waals surface area contributed by atoms with Crippen LogP contribution >= 0.6 is 34.0 Å². The summed E-state index contributed by atoms with van der Waals surface area (Å²) in [5, 5.41) is 17.5. The van der Waals surface area contributed by atoms with Crippen molar-refractivity contribution >= 4 is 60.8 Å². The van der Waals surface area contributed by atoms with Gasteiger partial charge in [0.25, 0.3) is 15.9 Å². The minimum atomic E-state index is -3.62. The third-order valence-electron chi connectivity index (χ3n) is 3.57. The summed E-state index contributed by atoms with van der Waals surface area (Å²) in [5.41, 5.74) is 1.72. The van der Waals surface area contributed by atoms with Crippen LogP contribution in [-0.2, 0) is 10.0 Å². The second kappa shape index (κ2) is 7.80. The molecule has 3 aromatic heterocycles. The highest BCUT2D eigenvalue weighted by atomic mass is 32.2. The molecule has 0 spiro atoms. The zero-order valence-electron chi connectivity index (χ0n) is 14.0. The fraction of sp³-hybridized carbons (Fsp3) is 0. The summed E-state index contributed by atoms with van der Waals surface area (Å²) < 4.78 is 27.2. The number of carbonyl (C=O) groups excluding carboxylic acids is 1. The fourth-order valence-corrected chi connectivity index (χ4v) is 5.76. The third-order valence-corrected chi connectivity index (χ3v) is 7.92. The molecule has 2 N–H and O–H groups in total. The smallest absolute Gasteiger partial charge is 0.271 e. The third kappa shape index (κ3) is 4.12. The van der Waals surface area contributed by atoms with Crippen LogP contribution in [0.2, 0.25) is 0 Å². The molecule has 11 heteroatoms. The molecule has 28 heavy (non-hydrogen) atoms. The van der Waals surface area contributed by atoms with Crippen LogP contribution in [0.3, 0.4) is 0 Å². The Morgan fingerprint density at radius 1 is 1.00 bits per heavy atom. The van der Waals surface area contributed by atoms with Gasteiger partial charge in [-0.15, -0.1) is 21.5 Å². The van der Waals surface area contributed by atoms with E-state index in [1.165, 1.54) is 29.5 Å². The van der Waals surface area contributed by atoms with Crippen LogP contribution in [0.4, 0.5) is 10.8 Å². The molecule has 0 radical (unpaired) electrons. The number of benzene rings is 1. The maximum Gasteiger partial charge on any atom is 0.271 e. The second-order valence-corrected chi connectivity index (χ2v) is 10.1. The van der Waals surface area contributed by atoms with Crippen LogP contribution in [0.25, 0.3) is 10.6 Å². The number of nitrogens with one attached hydrogen (secondary N) is 2. The molecule has 0 aliphatic rings. The second-order valence-electron chi connectivity index (χ2n) is 5.49. The van der Waals surface area contributed by atoms with E-state index in [1.807, 2.05) is 16.8 Å². The van der Waals surface area contributed by atoms with Crippen LogP contribution in [0.15, 0.2) is 62.8 Å². The van der Waals surface area contributed by atoms with Crippen molar-refractivity contribution in [2.75, 3.05) is 10.0 Å². The Labute approximate surface area is 172 Å². The molecule has 0 saturated heterocycles. The van der Waals surface area contributed by atoms with Gasteiger partial charge in [-0.3, -0.25) is 14.8 Å². The van der Waals surface area contributed by atoms with Crippen molar-refractivity contribution < 1.29 is 13.2 Å². The molecule has 7 nitrogen and oxygen atoms in total. The number of hydrogen-bond donors (Lipinski definition) is 2. The SMILES string of the molecule is O=C(Nc1nnc(-c2ccsc2)s1)c1ccc(NS(=O)(=O)c2cccs2)cc1. The summed E-state index contributed by atoms with van der Waals surface area (Å²) in [6.07, 6.45) is 0. The summed E-state index contributed by atoms with van der Waals surface area (Å²) in [6.45, 7) is 0. The van der Waals surface area contributed by atoms with Crippen molar-refractivity contribution in [1.29, 1.82) is 0 Å². The summed E-state index contributed by atoms with van der Waals surface area (Å²) in [6, 6.07) is 11.3. The number of nitrogens with zero attached hydrogens (tertiary/aromatic N) is 2. The highest BCUT2D eigenvalue weighted by Gasteiger charge is 2.16. The predicted molar refractivity (Wildman–Crippen MR) is 113 cm³/mol. The van der Waals surface area contributed by atoms with Gasteiger partial charge in [0.2, 0.25) is 5.13 Å². The van der Waals surface area contributed by atoms with Crippen molar-refractivity contribution in [3.8, 4) is 10.6 Å². The van der Waals surface area contributed by atoms with Crippen LogP contribution in [0.5, 0.6) is 0 Å². The number of amides is 1. The molecule has 3 heterocycles. The van der Waals surface area contributed by atoms with Gasteiger partial charge in [-0.05, 0) is 47.2 Å². The Morgan fingerprint density at radius 2 is 1.82 bits per heavy atom. The molecule has 0 fully saturated rings. The highest BCUT2D eigenvalue weighted by Crippen LogP contribution is 2.28. The molecular formula is C17H12N4O3S4. The summed E-state index contributed by atoms with van der Waals surface area (Å²) >= 11 is 3.98. The van der Waals surface area contributed by atoms with Crippen LogP contribution in [0.1, 0.15) is 10.4 Å². The minimum Gasteiger partial charge on any atom is -0.296 e. The molecule has 1 aromatic carbocycles. The molecule has 0 aliphatic carbocycles. The number of rotatable bonds is 6. The summed E-state index contributed by atoms with van der Waals surface area (Å²) in [5.74, 6) is -0.347. The normalized spacial score (nSPS) is 11.3. The predicted octanol–water partition coefficient (Wildman–Crippen LogP) is 4.38. The first-order valence-corrected chi connectivity index (χ1v) is 12.0. The Hall–Kier alpha value is -2.60. The zero-order chi connectivity index (χ0) is 19.6. The molecule has 0 aliphatic heterocycles. The number of sulfonamides is 1. The number of aromatic nitrogens is 2. The van der Waals surface area contributed by atoms with Gasteiger partial charge in [0.1, 0.15) is 9.22 Å². The number of hydrogen-bond acceptors (Lipinski definition) is 8. The van der Waals surface area contributed by atoms with Crippen molar-refractivity contribution in [1.82, 2.24) is 10.2 Å². The molecule has 0 atom stereocenters. The van der Waals surface area contributed by atoms with Crippen molar-refractivity contribution in [3.05, 3.63) is 64.2 Å². The van der Waals surface area contributed by atoms with Crippen LogP contribution in [-0.4, -0.2) is 24.5 Å². The molecule has 4 aromatic rings. The maximum absolute atomic E-state index is 12.4.